The molecule has 0 bridgehead atoms. The maximum Gasteiger partial charge on any atom is 0.197 e. The molecule has 4 nitrogen and oxygen atoms in total. The quantitative estimate of drug-likeness (QED) is 0.571. The number of hydrogen-bond donors (Lipinski definition) is 1. The van der Waals surface area contributed by atoms with Crippen LogP contribution in [0.15, 0.2) is 0 Å². The number of aliphatic hydroxyl groups excluding tert-OH is 1. The predicted octanol–water partition coefficient (Wildman–Crippen LogP) is 0.245. The van der Waals surface area contributed by atoms with Crippen LogP contribution >= 0.6 is 0 Å². The van der Waals surface area contributed by atoms with Gasteiger partial charge in [0.25, 0.3) is 0 Å². The van der Waals surface area contributed by atoms with E-state index in [1.165, 1.54) is 0 Å². The Bertz CT molecular complexity index is 203. The maximum absolute atomic E-state index is 9.47. The summed E-state index contributed by atoms with van der Waals surface area (Å²) in [6.07, 6.45) is -0.927. The second kappa shape index (κ2) is 2.20. The van der Waals surface area contributed by atoms with Crippen LogP contribution in [0.25, 0.3) is 0 Å². The highest BCUT2D eigenvalue weighted by Gasteiger charge is 2.58. The van der Waals surface area contributed by atoms with Gasteiger partial charge in [0.1, 0.15) is 12.2 Å². The van der Waals surface area contributed by atoms with Crippen molar-refractivity contribution in [2.45, 2.75) is 44.6 Å². The number of hydrogen-bond acceptors (Lipinski definition) is 4. The summed E-state index contributed by atoms with van der Waals surface area (Å²) in [5.74, 6) is -1.41. The molecular formula is C8H14O4. The van der Waals surface area contributed by atoms with Crippen LogP contribution in [0.4, 0.5) is 0 Å². The highest BCUT2D eigenvalue weighted by Crippen LogP contribution is 2.42. The van der Waals surface area contributed by atoms with Crippen molar-refractivity contribution in [2.75, 3.05) is 6.61 Å². The van der Waals surface area contributed by atoms with E-state index in [0.29, 0.717) is 0 Å². The smallest absolute Gasteiger partial charge is 0.197 e. The number of rotatable bonds is 0. The monoisotopic (exact) mass is 174 g/mol. The lowest BCUT2D eigenvalue weighted by Gasteiger charge is -2.22. The van der Waals surface area contributed by atoms with E-state index < -0.39 is 17.7 Å². The van der Waals surface area contributed by atoms with Gasteiger partial charge in [-0.1, -0.05) is 0 Å². The summed E-state index contributed by atoms with van der Waals surface area (Å²) < 4.78 is 16.3. The second-order valence-electron chi connectivity index (χ2n) is 3.93. The van der Waals surface area contributed by atoms with Crippen molar-refractivity contribution in [1.82, 2.24) is 0 Å². The molecule has 2 fully saturated rings. The van der Waals surface area contributed by atoms with E-state index in [2.05, 4.69) is 0 Å². The van der Waals surface area contributed by atoms with Crippen LogP contribution in [0.5, 0.6) is 0 Å². The Kier molecular flexibility index (Phi) is 1.55. The van der Waals surface area contributed by atoms with Crippen LogP contribution in [-0.2, 0) is 14.2 Å². The molecule has 0 amide bonds. The lowest BCUT2D eigenvalue weighted by Crippen LogP contribution is -2.37. The van der Waals surface area contributed by atoms with Crippen LogP contribution < -0.4 is 0 Å². The fraction of sp³-hybridized carbons (Fsp3) is 1.00. The Labute approximate surface area is 71.4 Å². The minimum Gasteiger partial charge on any atom is -0.388 e. The van der Waals surface area contributed by atoms with Crippen molar-refractivity contribution in [3.63, 3.8) is 0 Å². The van der Waals surface area contributed by atoms with Gasteiger partial charge >= 0.3 is 0 Å². The molecule has 0 aromatic rings. The predicted molar refractivity (Wildman–Crippen MR) is 40.4 cm³/mol. The van der Waals surface area contributed by atoms with Crippen molar-refractivity contribution in [3.8, 4) is 0 Å². The van der Waals surface area contributed by atoms with Gasteiger partial charge in [-0.3, -0.25) is 0 Å². The number of fused-ring (bicyclic) bond motifs is 1. The lowest BCUT2D eigenvalue weighted by molar-refractivity contribution is -0.239. The largest absolute Gasteiger partial charge is 0.388 e. The summed E-state index contributed by atoms with van der Waals surface area (Å²) in [6.45, 7) is 5.71. The minimum absolute atomic E-state index is 0.289. The second-order valence-corrected chi connectivity index (χ2v) is 3.93. The first-order valence-corrected chi connectivity index (χ1v) is 4.13. The third-order valence-electron chi connectivity index (χ3n) is 2.27. The van der Waals surface area contributed by atoms with E-state index in [0.717, 1.165) is 0 Å². The molecule has 70 valence electrons. The highest BCUT2D eigenvalue weighted by molar-refractivity contribution is 4.95. The van der Waals surface area contributed by atoms with Crippen LogP contribution in [-0.4, -0.2) is 35.5 Å². The zero-order valence-corrected chi connectivity index (χ0v) is 7.53. The average molecular weight is 174 g/mol. The van der Waals surface area contributed by atoms with Gasteiger partial charge in [0.05, 0.1) is 6.61 Å². The summed E-state index contributed by atoms with van der Waals surface area (Å²) in [4.78, 5) is 0. The molecule has 3 atom stereocenters. The van der Waals surface area contributed by atoms with Gasteiger partial charge in [-0.05, 0) is 20.8 Å². The molecule has 0 aliphatic carbocycles. The Morgan fingerprint density at radius 2 is 2.00 bits per heavy atom. The zero-order valence-electron chi connectivity index (χ0n) is 7.53. The molecule has 0 spiro atoms. The van der Waals surface area contributed by atoms with Gasteiger partial charge in [0, 0.05) is 0 Å². The summed E-state index contributed by atoms with van der Waals surface area (Å²) in [7, 11) is 0. The van der Waals surface area contributed by atoms with Crippen LogP contribution in [0.2, 0.25) is 0 Å². The van der Waals surface area contributed by atoms with E-state index in [1.807, 2.05) is 13.8 Å². The Morgan fingerprint density at radius 1 is 1.33 bits per heavy atom. The van der Waals surface area contributed by atoms with Gasteiger partial charge in [0.15, 0.2) is 11.6 Å². The van der Waals surface area contributed by atoms with Gasteiger partial charge < -0.3 is 19.3 Å². The van der Waals surface area contributed by atoms with Gasteiger partial charge in [-0.2, -0.15) is 0 Å². The van der Waals surface area contributed by atoms with Crippen LogP contribution in [0.1, 0.15) is 20.8 Å². The number of ether oxygens (including phenoxy) is 3. The van der Waals surface area contributed by atoms with E-state index in [-0.39, 0.29) is 12.7 Å². The lowest BCUT2D eigenvalue weighted by atomic mass is 10.1. The molecule has 3 unspecified atom stereocenters. The summed E-state index contributed by atoms with van der Waals surface area (Å²) in [6, 6.07) is 0. The third-order valence-corrected chi connectivity index (χ3v) is 2.27. The Balaban J connectivity index is 2.22. The highest BCUT2D eigenvalue weighted by atomic mass is 16.9. The average Bonchev–Trinajstić information content (AvgIpc) is 2.28. The van der Waals surface area contributed by atoms with Crippen molar-refractivity contribution in [2.24, 2.45) is 0 Å². The first-order valence-electron chi connectivity index (χ1n) is 4.13. The van der Waals surface area contributed by atoms with Gasteiger partial charge in [-0.15, -0.1) is 0 Å². The normalized spacial score (nSPS) is 51.0. The molecule has 0 aromatic heterocycles. The fourth-order valence-corrected chi connectivity index (χ4v) is 1.86. The molecule has 0 aromatic carbocycles. The number of aliphatic hydroxyl groups is 1. The van der Waals surface area contributed by atoms with Crippen molar-refractivity contribution in [3.05, 3.63) is 0 Å². The van der Waals surface area contributed by atoms with E-state index in [1.54, 1.807) is 6.92 Å². The SMILES string of the molecule is CC1(C)OC2C(O)COC2(C)O1. The molecule has 2 heterocycles. The van der Waals surface area contributed by atoms with E-state index >= 15 is 0 Å². The van der Waals surface area contributed by atoms with Crippen LogP contribution in [0, 0.1) is 0 Å². The Hall–Kier alpha value is -0.160. The molecule has 2 rings (SSSR count). The molecule has 0 saturated carbocycles. The fourth-order valence-electron chi connectivity index (χ4n) is 1.86. The molecule has 2 aliphatic rings. The topological polar surface area (TPSA) is 47.9 Å². The third kappa shape index (κ3) is 1.07. The van der Waals surface area contributed by atoms with Gasteiger partial charge in [0.2, 0.25) is 0 Å². The molecule has 1 N–H and O–H groups in total. The van der Waals surface area contributed by atoms with E-state index in [4.69, 9.17) is 14.2 Å². The minimum atomic E-state index is -0.761. The maximum atomic E-state index is 9.47. The summed E-state index contributed by atoms with van der Waals surface area (Å²) >= 11 is 0. The van der Waals surface area contributed by atoms with Crippen molar-refractivity contribution in [1.29, 1.82) is 0 Å². The van der Waals surface area contributed by atoms with Gasteiger partial charge in [-0.25, -0.2) is 0 Å². The van der Waals surface area contributed by atoms with E-state index in [9.17, 15) is 5.11 Å². The summed E-state index contributed by atoms with van der Waals surface area (Å²) in [5.41, 5.74) is 0. The molecule has 2 saturated heterocycles. The first kappa shape index (κ1) is 8.44. The molecule has 2 aliphatic heterocycles. The molecule has 12 heavy (non-hydrogen) atoms. The first-order chi connectivity index (χ1) is 5.43. The molecular weight excluding hydrogens is 160 g/mol. The standard InChI is InChI=1S/C8H14O4/c1-7(2)11-6-5(9)4-10-8(6,3)12-7/h5-6,9H,4H2,1-3H3. The summed E-state index contributed by atoms with van der Waals surface area (Å²) in [5, 5.41) is 9.47. The molecule has 4 heteroatoms. The van der Waals surface area contributed by atoms with Crippen LogP contribution in [0.3, 0.4) is 0 Å². The van der Waals surface area contributed by atoms with Crippen molar-refractivity contribution >= 4 is 0 Å². The zero-order chi connectivity index (χ0) is 8.98. The van der Waals surface area contributed by atoms with Crippen molar-refractivity contribution < 1.29 is 19.3 Å². The molecule has 0 radical (unpaired) electrons. The Morgan fingerprint density at radius 3 is 2.58 bits per heavy atom.